The molecular formula is C36H41F2N7O8. The Bertz CT molecular complexity index is 2140. The van der Waals surface area contributed by atoms with Crippen molar-refractivity contribution in [2.75, 3.05) is 38.8 Å². The molecule has 4 aromatic rings. The van der Waals surface area contributed by atoms with Crippen LogP contribution in [0.4, 0.5) is 25.0 Å². The summed E-state index contributed by atoms with van der Waals surface area (Å²) in [7, 11) is 2.37. The molecule has 0 saturated carbocycles. The number of nitro groups is 1. The van der Waals surface area contributed by atoms with Crippen molar-refractivity contribution in [2.45, 2.75) is 71.9 Å². The number of piperazine rings is 1. The number of anilines is 1. The zero-order chi connectivity index (χ0) is 39.1. The number of methoxy groups -OCH3 is 2. The van der Waals surface area contributed by atoms with Crippen molar-refractivity contribution < 1.29 is 37.5 Å². The Labute approximate surface area is 303 Å². The zero-order valence-corrected chi connectivity index (χ0v) is 30.9. The lowest BCUT2D eigenvalue weighted by Crippen LogP contribution is -2.59. The lowest BCUT2D eigenvalue weighted by molar-refractivity contribution is -0.385. The van der Waals surface area contributed by atoms with Crippen LogP contribution in [0.3, 0.4) is 0 Å². The standard InChI is InChI=1S/C36H41F2N7O8/c1-18(2)26-30(27(19(3)4)40-17-39-26)44-32-20(15-22(38)28(41-32)25-21(37)11-10-12-24(25)51-8)29(31(33(44)46)45(49)50)43-14-13-42(16-23(43)34(47)52-9)35(48)53-36(5,6)7/h10-12,15,17-19,23H,13-14,16H2,1-9H3/t23-/m1/s1. The first-order chi connectivity index (χ1) is 24.9. The number of pyridine rings is 2. The molecular weight excluding hydrogens is 696 g/mol. The molecule has 0 unspecified atom stereocenters. The van der Waals surface area contributed by atoms with Crippen molar-refractivity contribution in [3.05, 3.63) is 74.1 Å². The van der Waals surface area contributed by atoms with E-state index in [1.54, 1.807) is 48.5 Å². The van der Waals surface area contributed by atoms with Crippen molar-refractivity contribution in [3.8, 4) is 22.7 Å². The number of hydrogen-bond acceptors (Lipinski definition) is 12. The minimum Gasteiger partial charge on any atom is -0.496 e. The fourth-order valence-corrected chi connectivity index (χ4v) is 6.36. The van der Waals surface area contributed by atoms with E-state index in [0.29, 0.717) is 11.4 Å². The Hall–Kier alpha value is -5.74. The number of nitrogens with zero attached hydrogens (tertiary/aromatic N) is 7. The highest BCUT2D eigenvalue weighted by Crippen LogP contribution is 2.41. The number of aromatic nitrogens is 4. The fourth-order valence-electron chi connectivity index (χ4n) is 6.36. The maximum absolute atomic E-state index is 16.5. The second kappa shape index (κ2) is 14.7. The van der Waals surface area contributed by atoms with E-state index < -0.39 is 62.9 Å². The van der Waals surface area contributed by atoms with Crippen LogP contribution in [-0.4, -0.2) is 86.9 Å². The molecule has 282 valence electrons. The van der Waals surface area contributed by atoms with Gasteiger partial charge in [0, 0.05) is 13.1 Å². The third kappa shape index (κ3) is 7.19. The van der Waals surface area contributed by atoms with E-state index in [1.807, 2.05) is 0 Å². The SMILES string of the molecule is COC(=O)[C@H]1CN(C(=O)OC(C)(C)C)CCN1c1c([N+](=O)[O-])c(=O)n(-c2c(C(C)C)ncnc2C(C)C)c2nc(-c3c(F)cccc3OC)c(F)cc12. The third-order valence-corrected chi connectivity index (χ3v) is 8.66. The Morgan fingerprint density at radius 1 is 1.00 bits per heavy atom. The summed E-state index contributed by atoms with van der Waals surface area (Å²) < 4.78 is 48.9. The molecule has 0 N–H and O–H groups in total. The van der Waals surface area contributed by atoms with Crippen LogP contribution in [0.2, 0.25) is 0 Å². The number of hydrogen-bond donors (Lipinski definition) is 0. The zero-order valence-electron chi connectivity index (χ0n) is 30.9. The molecule has 53 heavy (non-hydrogen) atoms. The highest BCUT2D eigenvalue weighted by atomic mass is 19.1. The fraction of sp³-hybridized carbons (Fsp3) is 0.444. The Kier molecular flexibility index (Phi) is 10.7. The Morgan fingerprint density at radius 2 is 1.64 bits per heavy atom. The topological polar surface area (TPSA) is 172 Å². The quantitative estimate of drug-likeness (QED) is 0.120. The number of carbonyl (C=O) groups excluding carboxylic acids is 2. The number of halogens is 2. The predicted molar refractivity (Wildman–Crippen MR) is 191 cm³/mol. The minimum absolute atomic E-state index is 0.0652. The van der Waals surface area contributed by atoms with Gasteiger partial charge in [-0.1, -0.05) is 33.8 Å². The maximum Gasteiger partial charge on any atom is 0.410 e. The maximum atomic E-state index is 16.5. The number of carbonyl (C=O) groups is 2. The summed E-state index contributed by atoms with van der Waals surface area (Å²) in [6.07, 6.45) is 0.571. The summed E-state index contributed by atoms with van der Waals surface area (Å²) in [5, 5.41) is 12.8. The number of ether oxygens (including phenoxy) is 3. The molecule has 3 aromatic heterocycles. The van der Waals surface area contributed by atoms with E-state index in [1.165, 1.54) is 35.4 Å². The predicted octanol–water partition coefficient (Wildman–Crippen LogP) is 5.88. The smallest absolute Gasteiger partial charge is 0.410 e. The summed E-state index contributed by atoms with van der Waals surface area (Å²) >= 11 is 0. The van der Waals surface area contributed by atoms with Crippen molar-refractivity contribution in [1.29, 1.82) is 0 Å². The van der Waals surface area contributed by atoms with Gasteiger partial charge in [-0.15, -0.1) is 0 Å². The second-order valence-corrected chi connectivity index (χ2v) is 14.1. The van der Waals surface area contributed by atoms with Gasteiger partial charge in [0.2, 0.25) is 0 Å². The van der Waals surface area contributed by atoms with E-state index in [0.717, 1.165) is 23.8 Å². The summed E-state index contributed by atoms with van der Waals surface area (Å²) in [4.78, 5) is 69.4. The van der Waals surface area contributed by atoms with Crippen molar-refractivity contribution in [3.63, 3.8) is 0 Å². The van der Waals surface area contributed by atoms with Crippen LogP contribution in [0.15, 0.2) is 35.4 Å². The lowest BCUT2D eigenvalue weighted by Gasteiger charge is -2.41. The van der Waals surface area contributed by atoms with Gasteiger partial charge in [0.1, 0.15) is 40.9 Å². The highest BCUT2D eigenvalue weighted by molar-refractivity contribution is 5.99. The van der Waals surface area contributed by atoms with Crippen LogP contribution in [0.5, 0.6) is 5.75 Å². The molecule has 17 heteroatoms. The first kappa shape index (κ1) is 38.5. The molecule has 1 aliphatic rings. The number of esters is 1. The van der Waals surface area contributed by atoms with E-state index in [4.69, 9.17) is 14.2 Å². The lowest BCUT2D eigenvalue weighted by atomic mass is 10.0. The molecule has 1 amide bonds. The first-order valence-electron chi connectivity index (χ1n) is 16.9. The van der Waals surface area contributed by atoms with Crippen molar-refractivity contribution in [2.24, 2.45) is 0 Å². The molecule has 1 fully saturated rings. The largest absolute Gasteiger partial charge is 0.496 e. The Balaban J connectivity index is 1.95. The van der Waals surface area contributed by atoms with Gasteiger partial charge in [-0.2, -0.15) is 0 Å². The molecule has 0 bridgehead atoms. The van der Waals surface area contributed by atoms with Gasteiger partial charge in [-0.3, -0.25) is 19.5 Å². The molecule has 0 spiro atoms. The number of fused-ring (bicyclic) bond motifs is 1. The molecule has 1 saturated heterocycles. The molecule has 1 aliphatic heterocycles. The second-order valence-electron chi connectivity index (χ2n) is 14.1. The van der Waals surface area contributed by atoms with Gasteiger partial charge in [-0.05, 0) is 50.8 Å². The van der Waals surface area contributed by atoms with Crippen LogP contribution in [0, 0.1) is 21.7 Å². The van der Waals surface area contributed by atoms with Crippen LogP contribution >= 0.6 is 0 Å². The monoisotopic (exact) mass is 737 g/mol. The third-order valence-electron chi connectivity index (χ3n) is 8.66. The molecule has 0 aliphatic carbocycles. The van der Waals surface area contributed by atoms with E-state index >= 15 is 8.78 Å². The van der Waals surface area contributed by atoms with Gasteiger partial charge in [-0.25, -0.2) is 33.3 Å². The molecule has 1 atom stereocenters. The number of benzene rings is 1. The molecule has 5 rings (SSSR count). The molecule has 1 aromatic carbocycles. The summed E-state index contributed by atoms with van der Waals surface area (Å²) in [5.41, 5.74) is -3.98. The average Bonchev–Trinajstić information content (AvgIpc) is 3.09. The summed E-state index contributed by atoms with van der Waals surface area (Å²) in [6, 6.07) is 3.35. The minimum atomic E-state index is -1.41. The van der Waals surface area contributed by atoms with Crippen LogP contribution in [-0.2, 0) is 14.3 Å². The van der Waals surface area contributed by atoms with E-state index in [-0.39, 0.29) is 59.5 Å². The van der Waals surface area contributed by atoms with Crippen LogP contribution in [0.25, 0.3) is 28.0 Å². The normalized spacial score (nSPS) is 14.9. The molecule has 0 radical (unpaired) electrons. The van der Waals surface area contributed by atoms with Crippen LogP contribution < -0.4 is 15.2 Å². The van der Waals surface area contributed by atoms with Gasteiger partial charge in [0.15, 0.2) is 11.5 Å². The van der Waals surface area contributed by atoms with E-state index in [2.05, 4.69) is 15.0 Å². The molecule has 15 nitrogen and oxygen atoms in total. The summed E-state index contributed by atoms with van der Waals surface area (Å²) in [6.45, 7) is 11.5. The highest BCUT2D eigenvalue weighted by Gasteiger charge is 2.43. The van der Waals surface area contributed by atoms with E-state index in [9.17, 15) is 24.5 Å². The average molecular weight is 738 g/mol. The van der Waals surface area contributed by atoms with Gasteiger partial charge in [0.05, 0.1) is 53.7 Å². The van der Waals surface area contributed by atoms with Crippen molar-refractivity contribution >= 4 is 34.5 Å². The van der Waals surface area contributed by atoms with Gasteiger partial charge >= 0.3 is 23.3 Å². The van der Waals surface area contributed by atoms with Crippen molar-refractivity contribution in [1.82, 2.24) is 24.4 Å². The first-order valence-corrected chi connectivity index (χ1v) is 16.9. The Morgan fingerprint density at radius 3 is 2.19 bits per heavy atom. The van der Waals surface area contributed by atoms with Crippen LogP contribution in [0.1, 0.15) is 71.7 Å². The number of rotatable bonds is 8. The summed E-state index contributed by atoms with van der Waals surface area (Å²) in [5.74, 6) is -3.65. The van der Waals surface area contributed by atoms with Gasteiger partial charge in [0.25, 0.3) is 0 Å². The molecule has 4 heterocycles. The number of amides is 1. The van der Waals surface area contributed by atoms with Gasteiger partial charge < -0.3 is 24.0 Å².